The number of benzene rings is 1. The molecular formula is C13H8N4. The van der Waals surface area contributed by atoms with E-state index < -0.39 is 0 Å². The van der Waals surface area contributed by atoms with E-state index in [2.05, 4.69) is 15.1 Å². The van der Waals surface area contributed by atoms with Gasteiger partial charge in [-0.05, 0) is 18.2 Å². The molecule has 0 radical (unpaired) electrons. The molecule has 0 saturated carbocycles. The zero-order chi connectivity index (χ0) is 11.2. The van der Waals surface area contributed by atoms with E-state index >= 15 is 0 Å². The summed E-state index contributed by atoms with van der Waals surface area (Å²) in [5, 5.41) is 5.61. The molecule has 3 heterocycles. The molecule has 4 nitrogen and oxygen atoms in total. The molecule has 0 bridgehead atoms. The third-order valence-corrected chi connectivity index (χ3v) is 2.84. The lowest BCUT2D eigenvalue weighted by Gasteiger charge is -2.01. The third kappa shape index (κ3) is 1.15. The lowest BCUT2D eigenvalue weighted by molar-refractivity contribution is 0.899. The van der Waals surface area contributed by atoms with Crippen molar-refractivity contribution in [2.24, 2.45) is 0 Å². The van der Waals surface area contributed by atoms with Gasteiger partial charge in [-0.2, -0.15) is 5.10 Å². The predicted octanol–water partition coefficient (Wildman–Crippen LogP) is 2.38. The first-order valence-corrected chi connectivity index (χ1v) is 5.42. The highest BCUT2D eigenvalue weighted by molar-refractivity contribution is 5.94. The first-order chi connectivity index (χ1) is 8.42. The van der Waals surface area contributed by atoms with E-state index in [1.165, 1.54) is 0 Å². The molecule has 0 N–H and O–H groups in total. The molecule has 0 amide bonds. The Labute approximate surface area is 96.9 Å². The quantitative estimate of drug-likeness (QED) is 0.457. The highest BCUT2D eigenvalue weighted by Crippen LogP contribution is 2.27. The van der Waals surface area contributed by atoms with Crippen molar-refractivity contribution in [1.82, 2.24) is 19.6 Å². The van der Waals surface area contributed by atoms with Gasteiger partial charge < -0.3 is 0 Å². The van der Waals surface area contributed by atoms with Crippen LogP contribution >= 0.6 is 0 Å². The highest BCUT2D eigenvalue weighted by Gasteiger charge is 2.15. The Balaban J connectivity index is 2.25. The maximum Gasteiger partial charge on any atom is 0.183 e. The van der Waals surface area contributed by atoms with Crippen LogP contribution in [0.1, 0.15) is 0 Å². The number of rotatable bonds is 0. The van der Waals surface area contributed by atoms with E-state index in [0.717, 1.165) is 22.2 Å². The number of nitrogens with zero attached hydrogens (tertiary/aromatic N) is 4. The monoisotopic (exact) mass is 220 g/mol. The smallest absolute Gasteiger partial charge is 0.183 e. The second-order valence-electron chi connectivity index (χ2n) is 3.92. The van der Waals surface area contributed by atoms with Crippen LogP contribution in [0.15, 0.2) is 48.7 Å². The average molecular weight is 220 g/mol. The maximum absolute atomic E-state index is 4.56. The van der Waals surface area contributed by atoms with Crippen molar-refractivity contribution in [3.05, 3.63) is 48.7 Å². The van der Waals surface area contributed by atoms with Gasteiger partial charge in [-0.3, -0.25) is 0 Å². The Hall–Kier alpha value is -2.49. The number of hydrogen-bond donors (Lipinski definition) is 0. The maximum atomic E-state index is 4.56. The van der Waals surface area contributed by atoms with Crippen LogP contribution in [0.5, 0.6) is 0 Å². The van der Waals surface area contributed by atoms with Crippen LogP contribution in [0.3, 0.4) is 0 Å². The molecule has 0 unspecified atom stereocenters. The molecule has 0 atom stereocenters. The van der Waals surface area contributed by atoms with Crippen molar-refractivity contribution in [2.75, 3.05) is 0 Å². The first kappa shape index (κ1) is 8.64. The standard InChI is InChI=1S/C13H8N4/c1-2-6-10-9(5-1)12-13(14-10)15-11-7-3-4-8-17(11)16-12/h1-8H. The van der Waals surface area contributed by atoms with E-state index in [1.807, 2.05) is 48.7 Å². The first-order valence-electron chi connectivity index (χ1n) is 5.42. The topological polar surface area (TPSA) is 43.1 Å². The second-order valence-corrected chi connectivity index (χ2v) is 3.92. The van der Waals surface area contributed by atoms with E-state index in [-0.39, 0.29) is 0 Å². The van der Waals surface area contributed by atoms with Gasteiger partial charge in [0.25, 0.3) is 0 Å². The normalized spacial score (nSPS) is 11.5. The molecule has 0 spiro atoms. The Kier molecular flexibility index (Phi) is 1.53. The van der Waals surface area contributed by atoms with Gasteiger partial charge in [0.15, 0.2) is 11.5 Å². The van der Waals surface area contributed by atoms with E-state index in [0.29, 0.717) is 5.82 Å². The fourth-order valence-corrected chi connectivity index (χ4v) is 2.05. The van der Waals surface area contributed by atoms with Gasteiger partial charge in [0.1, 0.15) is 5.69 Å². The second kappa shape index (κ2) is 3.01. The summed E-state index contributed by atoms with van der Waals surface area (Å²) in [5.41, 5.74) is 2.60. The van der Waals surface area contributed by atoms with Crippen molar-refractivity contribution in [2.45, 2.75) is 0 Å². The molecular weight excluding hydrogens is 212 g/mol. The van der Waals surface area contributed by atoms with Crippen molar-refractivity contribution < 1.29 is 0 Å². The lowest BCUT2D eigenvalue weighted by Crippen LogP contribution is -2.00. The van der Waals surface area contributed by atoms with Gasteiger partial charge in [-0.15, -0.1) is 0 Å². The van der Waals surface area contributed by atoms with Crippen LogP contribution in [-0.4, -0.2) is 19.6 Å². The van der Waals surface area contributed by atoms with Crippen LogP contribution in [0, 0.1) is 0 Å². The highest BCUT2D eigenvalue weighted by atomic mass is 15.3. The number of hydrogen-bond acceptors (Lipinski definition) is 3. The summed E-state index contributed by atoms with van der Waals surface area (Å²) in [6.07, 6.45) is 1.89. The molecule has 0 aliphatic carbocycles. The summed E-state index contributed by atoms with van der Waals surface area (Å²) < 4.78 is 1.77. The summed E-state index contributed by atoms with van der Waals surface area (Å²) in [6.45, 7) is 0. The number of para-hydroxylation sites is 1. The SMILES string of the molecule is c1ccc2c3nn4ccccc4nc-3nc2c1. The minimum Gasteiger partial charge on any atom is -0.226 e. The predicted molar refractivity (Wildman–Crippen MR) is 64.9 cm³/mol. The summed E-state index contributed by atoms with van der Waals surface area (Å²) in [6, 6.07) is 13.8. The average Bonchev–Trinajstić information content (AvgIpc) is 2.73. The fraction of sp³-hybridized carbons (Fsp3) is 0. The zero-order valence-electron chi connectivity index (χ0n) is 8.91. The van der Waals surface area contributed by atoms with Gasteiger partial charge in [-0.25, -0.2) is 14.5 Å². The van der Waals surface area contributed by atoms with Crippen LogP contribution in [-0.2, 0) is 0 Å². The molecule has 2 aromatic rings. The molecule has 1 aromatic heterocycles. The molecule has 1 aromatic carbocycles. The molecule has 4 rings (SSSR count). The van der Waals surface area contributed by atoms with Crippen molar-refractivity contribution in [3.63, 3.8) is 0 Å². The summed E-state index contributed by atoms with van der Waals surface area (Å²) in [5.74, 6) is 0.706. The molecule has 2 aliphatic heterocycles. The number of aromatic nitrogens is 4. The third-order valence-electron chi connectivity index (χ3n) is 2.84. The zero-order valence-corrected chi connectivity index (χ0v) is 8.91. The van der Waals surface area contributed by atoms with E-state index in [1.54, 1.807) is 4.52 Å². The lowest BCUT2D eigenvalue weighted by atomic mass is 10.2. The van der Waals surface area contributed by atoms with Crippen LogP contribution in [0.25, 0.3) is 28.1 Å². The summed E-state index contributed by atoms with van der Waals surface area (Å²) in [7, 11) is 0. The minimum atomic E-state index is 0.706. The van der Waals surface area contributed by atoms with Gasteiger partial charge in [-0.1, -0.05) is 24.3 Å². The molecule has 80 valence electrons. The van der Waals surface area contributed by atoms with Crippen LogP contribution in [0.4, 0.5) is 0 Å². The van der Waals surface area contributed by atoms with Crippen molar-refractivity contribution in [3.8, 4) is 11.5 Å². The van der Waals surface area contributed by atoms with E-state index in [4.69, 9.17) is 0 Å². The van der Waals surface area contributed by atoms with E-state index in [9.17, 15) is 0 Å². The minimum absolute atomic E-state index is 0.706. The molecule has 2 aliphatic rings. The fourth-order valence-electron chi connectivity index (χ4n) is 2.05. The Bertz CT molecular complexity index is 797. The van der Waals surface area contributed by atoms with Crippen LogP contribution in [0.2, 0.25) is 0 Å². The molecule has 17 heavy (non-hydrogen) atoms. The molecule has 4 heteroatoms. The van der Waals surface area contributed by atoms with Gasteiger partial charge in [0.2, 0.25) is 0 Å². The van der Waals surface area contributed by atoms with Gasteiger partial charge in [0.05, 0.1) is 5.52 Å². The summed E-state index contributed by atoms with van der Waals surface area (Å²) in [4.78, 5) is 8.98. The largest absolute Gasteiger partial charge is 0.226 e. The Morgan fingerprint density at radius 1 is 0.882 bits per heavy atom. The number of fused-ring (bicyclic) bond motifs is 4. The molecule has 0 fully saturated rings. The van der Waals surface area contributed by atoms with Gasteiger partial charge in [0, 0.05) is 11.6 Å². The van der Waals surface area contributed by atoms with Gasteiger partial charge >= 0.3 is 0 Å². The molecule has 0 saturated heterocycles. The van der Waals surface area contributed by atoms with Crippen LogP contribution < -0.4 is 0 Å². The van der Waals surface area contributed by atoms with Crippen molar-refractivity contribution in [1.29, 1.82) is 0 Å². The number of pyridine rings is 1. The Morgan fingerprint density at radius 3 is 2.76 bits per heavy atom. The summed E-state index contributed by atoms with van der Waals surface area (Å²) >= 11 is 0. The Morgan fingerprint density at radius 2 is 1.76 bits per heavy atom. The van der Waals surface area contributed by atoms with Crippen molar-refractivity contribution >= 4 is 16.6 Å².